The maximum atomic E-state index is 12.1. The Morgan fingerprint density at radius 2 is 2.45 bits per heavy atom. The topological polar surface area (TPSA) is 73.6 Å². The molecule has 108 valence electrons. The molecule has 0 bridgehead atoms. The van der Waals surface area contributed by atoms with Crippen molar-refractivity contribution in [2.75, 3.05) is 32.9 Å². The lowest BCUT2D eigenvalue weighted by molar-refractivity contribution is -0.0855. The van der Waals surface area contributed by atoms with Crippen molar-refractivity contribution in [2.24, 2.45) is 5.73 Å². The number of ether oxygens (including phenoxy) is 2. The van der Waals surface area contributed by atoms with E-state index in [1.807, 2.05) is 13.0 Å². The molecule has 6 heteroatoms. The number of carbonyl (C=O) groups is 1. The number of thiophene rings is 1. The highest BCUT2D eigenvalue weighted by molar-refractivity contribution is 7.14. The third-order valence-corrected chi connectivity index (χ3v) is 3.97. The molecule has 1 aromatic heterocycles. The van der Waals surface area contributed by atoms with Crippen molar-refractivity contribution < 1.29 is 14.3 Å². The van der Waals surface area contributed by atoms with Crippen LogP contribution in [0.3, 0.4) is 0 Å². The van der Waals surface area contributed by atoms with E-state index in [9.17, 15) is 4.79 Å². The average Bonchev–Trinajstić information content (AvgIpc) is 2.85. The molecule has 1 saturated heterocycles. The van der Waals surface area contributed by atoms with Gasteiger partial charge in [-0.1, -0.05) is 11.8 Å². The molecular weight excluding hydrogens is 276 g/mol. The van der Waals surface area contributed by atoms with Crippen LogP contribution in [0.15, 0.2) is 6.07 Å². The number of aryl methyl sites for hydroxylation is 1. The zero-order chi connectivity index (χ0) is 14.4. The van der Waals surface area contributed by atoms with Gasteiger partial charge >= 0.3 is 0 Å². The molecule has 1 fully saturated rings. The van der Waals surface area contributed by atoms with Crippen molar-refractivity contribution >= 4 is 17.2 Å². The second kappa shape index (κ2) is 7.41. The van der Waals surface area contributed by atoms with Gasteiger partial charge in [0.2, 0.25) is 0 Å². The summed E-state index contributed by atoms with van der Waals surface area (Å²) < 4.78 is 10.8. The predicted molar refractivity (Wildman–Crippen MR) is 77.9 cm³/mol. The minimum atomic E-state index is -0.104. The first-order chi connectivity index (χ1) is 9.70. The number of nitrogens with one attached hydrogen (secondary N) is 1. The highest BCUT2D eigenvalue weighted by Gasteiger charge is 2.17. The lowest BCUT2D eigenvalue weighted by Crippen LogP contribution is -2.39. The largest absolute Gasteiger partial charge is 0.376 e. The van der Waals surface area contributed by atoms with Gasteiger partial charge in [-0.2, -0.15) is 0 Å². The van der Waals surface area contributed by atoms with E-state index in [4.69, 9.17) is 15.2 Å². The first-order valence-electron chi connectivity index (χ1n) is 6.47. The van der Waals surface area contributed by atoms with Crippen LogP contribution in [0.1, 0.15) is 20.1 Å². The Labute approximate surface area is 122 Å². The van der Waals surface area contributed by atoms with Crippen molar-refractivity contribution in [2.45, 2.75) is 13.0 Å². The van der Waals surface area contributed by atoms with Gasteiger partial charge in [0, 0.05) is 6.54 Å². The van der Waals surface area contributed by atoms with Crippen molar-refractivity contribution in [1.82, 2.24) is 5.32 Å². The van der Waals surface area contributed by atoms with Gasteiger partial charge in [-0.05, 0) is 18.6 Å². The molecule has 0 saturated carbocycles. The van der Waals surface area contributed by atoms with E-state index in [-0.39, 0.29) is 12.0 Å². The minimum absolute atomic E-state index is 0.0646. The normalized spacial score (nSPS) is 18.2. The second-order valence-electron chi connectivity index (χ2n) is 4.41. The van der Waals surface area contributed by atoms with Gasteiger partial charge in [-0.25, -0.2) is 0 Å². The minimum Gasteiger partial charge on any atom is -0.376 e. The summed E-state index contributed by atoms with van der Waals surface area (Å²) in [4.78, 5) is 13.6. The van der Waals surface area contributed by atoms with Crippen LogP contribution in [-0.2, 0) is 9.47 Å². The SMILES string of the molecule is Cc1cc(C(=O)NCC2COCCO2)sc1C#CCN. The highest BCUT2D eigenvalue weighted by atomic mass is 32.1. The van der Waals surface area contributed by atoms with E-state index in [1.165, 1.54) is 11.3 Å². The summed E-state index contributed by atoms with van der Waals surface area (Å²) in [7, 11) is 0. The summed E-state index contributed by atoms with van der Waals surface area (Å²) in [6.45, 7) is 4.44. The number of nitrogens with two attached hydrogens (primary N) is 1. The van der Waals surface area contributed by atoms with Crippen LogP contribution in [0, 0.1) is 18.8 Å². The van der Waals surface area contributed by atoms with Crippen LogP contribution in [0.5, 0.6) is 0 Å². The molecule has 0 aliphatic carbocycles. The van der Waals surface area contributed by atoms with E-state index in [2.05, 4.69) is 17.2 Å². The predicted octanol–water partition coefficient (Wildman–Crippen LogP) is 0.512. The molecule has 1 aliphatic heterocycles. The zero-order valence-corrected chi connectivity index (χ0v) is 12.2. The van der Waals surface area contributed by atoms with Crippen LogP contribution in [0.25, 0.3) is 0 Å². The summed E-state index contributed by atoms with van der Waals surface area (Å²) in [6.07, 6.45) is -0.0646. The fourth-order valence-corrected chi connectivity index (χ4v) is 2.76. The molecule has 0 radical (unpaired) electrons. The van der Waals surface area contributed by atoms with Gasteiger partial charge < -0.3 is 20.5 Å². The number of carbonyl (C=O) groups excluding carboxylic acids is 1. The molecule has 1 atom stereocenters. The third kappa shape index (κ3) is 4.05. The van der Waals surface area contributed by atoms with Crippen LogP contribution in [0.4, 0.5) is 0 Å². The summed E-state index contributed by atoms with van der Waals surface area (Å²) in [6, 6.07) is 1.85. The number of hydrogen-bond acceptors (Lipinski definition) is 5. The van der Waals surface area contributed by atoms with Crippen LogP contribution in [0.2, 0.25) is 0 Å². The molecule has 20 heavy (non-hydrogen) atoms. The molecule has 0 aromatic carbocycles. The van der Waals surface area contributed by atoms with Gasteiger partial charge in [0.25, 0.3) is 5.91 Å². The van der Waals surface area contributed by atoms with Crippen molar-refractivity contribution in [3.05, 3.63) is 21.4 Å². The Kier molecular flexibility index (Phi) is 5.56. The average molecular weight is 294 g/mol. The Bertz CT molecular complexity index is 524. The summed E-state index contributed by atoms with van der Waals surface area (Å²) in [5, 5.41) is 2.86. The smallest absolute Gasteiger partial charge is 0.261 e. The summed E-state index contributed by atoms with van der Waals surface area (Å²) in [5.74, 6) is 5.67. The van der Waals surface area contributed by atoms with E-state index < -0.39 is 0 Å². The monoisotopic (exact) mass is 294 g/mol. The lowest BCUT2D eigenvalue weighted by atomic mass is 10.2. The summed E-state index contributed by atoms with van der Waals surface area (Å²) in [5.41, 5.74) is 6.35. The first kappa shape index (κ1) is 15.0. The van der Waals surface area contributed by atoms with Gasteiger partial charge in [0.05, 0.1) is 42.2 Å². The molecule has 2 rings (SSSR count). The lowest BCUT2D eigenvalue weighted by Gasteiger charge is -2.22. The van der Waals surface area contributed by atoms with Gasteiger partial charge in [-0.15, -0.1) is 11.3 Å². The fourth-order valence-electron chi connectivity index (χ4n) is 1.80. The summed E-state index contributed by atoms with van der Waals surface area (Å²) >= 11 is 1.38. The number of rotatable bonds is 3. The Balaban J connectivity index is 1.91. The Morgan fingerprint density at radius 1 is 1.60 bits per heavy atom. The van der Waals surface area contributed by atoms with Crippen LogP contribution < -0.4 is 11.1 Å². The molecule has 1 unspecified atom stereocenters. The Hall–Kier alpha value is -1.39. The van der Waals surface area contributed by atoms with E-state index in [1.54, 1.807) is 0 Å². The van der Waals surface area contributed by atoms with Crippen LogP contribution >= 0.6 is 11.3 Å². The van der Waals surface area contributed by atoms with E-state index in [0.29, 0.717) is 37.8 Å². The number of hydrogen-bond donors (Lipinski definition) is 2. The third-order valence-electron chi connectivity index (χ3n) is 2.82. The second-order valence-corrected chi connectivity index (χ2v) is 5.46. The molecule has 1 amide bonds. The molecular formula is C14H18N2O3S. The molecule has 3 N–H and O–H groups in total. The van der Waals surface area contributed by atoms with E-state index >= 15 is 0 Å². The van der Waals surface area contributed by atoms with Gasteiger partial charge in [0.15, 0.2) is 0 Å². The molecule has 1 aromatic rings. The van der Waals surface area contributed by atoms with Crippen molar-refractivity contribution in [3.8, 4) is 11.8 Å². The highest BCUT2D eigenvalue weighted by Crippen LogP contribution is 2.20. The fraction of sp³-hybridized carbons (Fsp3) is 0.500. The molecule has 2 heterocycles. The maximum Gasteiger partial charge on any atom is 0.261 e. The molecule has 0 spiro atoms. The molecule has 1 aliphatic rings. The zero-order valence-electron chi connectivity index (χ0n) is 11.4. The van der Waals surface area contributed by atoms with Gasteiger partial charge in [-0.3, -0.25) is 4.79 Å². The van der Waals surface area contributed by atoms with Crippen molar-refractivity contribution in [3.63, 3.8) is 0 Å². The Morgan fingerprint density at radius 3 is 3.15 bits per heavy atom. The van der Waals surface area contributed by atoms with E-state index in [0.717, 1.165) is 10.4 Å². The molecule has 5 nitrogen and oxygen atoms in total. The number of amides is 1. The maximum absolute atomic E-state index is 12.1. The quantitative estimate of drug-likeness (QED) is 0.797. The standard InChI is InChI=1S/C14H18N2O3S/c1-10-7-13(20-12(10)3-2-4-15)14(17)16-8-11-9-18-5-6-19-11/h7,11H,4-6,8-9,15H2,1H3,(H,16,17). The van der Waals surface area contributed by atoms with Crippen molar-refractivity contribution in [1.29, 1.82) is 0 Å². The van der Waals surface area contributed by atoms with Gasteiger partial charge in [0.1, 0.15) is 0 Å². The first-order valence-corrected chi connectivity index (χ1v) is 7.29. The van der Waals surface area contributed by atoms with Crippen LogP contribution in [-0.4, -0.2) is 44.9 Å².